The third-order valence-corrected chi connectivity index (χ3v) is 2.91. The first-order valence-electron chi connectivity index (χ1n) is 5.73. The standard InChI is InChI=1S/C12H21N3O/c1-5-12(4,13)11(16)8-10-6-7-15(14-10)9(2)3/h6-7,9H,5,8,13H2,1-4H3. The fourth-order valence-corrected chi connectivity index (χ4v) is 1.32. The van der Waals surface area contributed by atoms with Crippen LogP contribution in [0.2, 0.25) is 0 Å². The number of aromatic nitrogens is 2. The Balaban J connectivity index is 2.70. The number of nitrogens with two attached hydrogens (primary N) is 1. The maximum atomic E-state index is 11.9. The van der Waals surface area contributed by atoms with Crippen LogP contribution < -0.4 is 5.73 Å². The minimum absolute atomic E-state index is 0.0454. The minimum Gasteiger partial charge on any atom is -0.319 e. The first-order valence-corrected chi connectivity index (χ1v) is 5.73. The van der Waals surface area contributed by atoms with Gasteiger partial charge >= 0.3 is 0 Å². The maximum absolute atomic E-state index is 11.9. The largest absolute Gasteiger partial charge is 0.319 e. The van der Waals surface area contributed by atoms with E-state index in [9.17, 15) is 4.79 Å². The van der Waals surface area contributed by atoms with E-state index in [0.29, 0.717) is 18.9 Å². The molecule has 1 rings (SSSR count). The second-order valence-electron chi connectivity index (χ2n) is 4.75. The summed E-state index contributed by atoms with van der Waals surface area (Å²) in [6, 6.07) is 2.20. The molecule has 4 heteroatoms. The summed E-state index contributed by atoms with van der Waals surface area (Å²) in [7, 11) is 0. The van der Waals surface area contributed by atoms with E-state index in [2.05, 4.69) is 18.9 Å². The highest BCUT2D eigenvalue weighted by Crippen LogP contribution is 2.11. The van der Waals surface area contributed by atoms with Gasteiger partial charge in [-0.1, -0.05) is 6.92 Å². The van der Waals surface area contributed by atoms with Crippen LogP contribution in [0.3, 0.4) is 0 Å². The second kappa shape index (κ2) is 4.78. The molecular weight excluding hydrogens is 202 g/mol. The molecule has 0 aliphatic heterocycles. The van der Waals surface area contributed by atoms with E-state index in [1.807, 2.05) is 23.9 Å². The van der Waals surface area contributed by atoms with Crippen LogP contribution in [0, 0.1) is 0 Å². The highest BCUT2D eigenvalue weighted by Gasteiger charge is 2.26. The zero-order valence-corrected chi connectivity index (χ0v) is 10.5. The molecule has 1 atom stereocenters. The molecule has 4 nitrogen and oxygen atoms in total. The number of ketones is 1. The Bertz CT molecular complexity index is 366. The molecule has 0 bridgehead atoms. The molecule has 1 aromatic rings. The van der Waals surface area contributed by atoms with Crippen molar-refractivity contribution in [3.8, 4) is 0 Å². The van der Waals surface area contributed by atoms with Gasteiger partial charge < -0.3 is 5.73 Å². The van der Waals surface area contributed by atoms with Crippen molar-refractivity contribution >= 4 is 5.78 Å². The predicted octanol–water partition coefficient (Wildman–Crippen LogP) is 1.70. The summed E-state index contributed by atoms with van der Waals surface area (Å²) in [5.41, 5.74) is 5.95. The van der Waals surface area contributed by atoms with E-state index >= 15 is 0 Å². The Morgan fingerprint density at radius 3 is 2.69 bits per heavy atom. The zero-order chi connectivity index (χ0) is 12.3. The van der Waals surface area contributed by atoms with Crippen LogP contribution in [-0.4, -0.2) is 21.1 Å². The lowest BCUT2D eigenvalue weighted by Gasteiger charge is -2.20. The molecule has 0 aromatic carbocycles. The highest BCUT2D eigenvalue weighted by atomic mass is 16.1. The summed E-state index contributed by atoms with van der Waals surface area (Å²) >= 11 is 0. The first kappa shape index (κ1) is 12.9. The van der Waals surface area contributed by atoms with Crippen molar-refractivity contribution in [3.05, 3.63) is 18.0 Å². The summed E-state index contributed by atoms with van der Waals surface area (Å²) in [5.74, 6) is 0.0454. The van der Waals surface area contributed by atoms with E-state index in [4.69, 9.17) is 5.73 Å². The van der Waals surface area contributed by atoms with E-state index < -0.39 is 5.54 Å². The van der Waals surface area contributed by atoms with Gasteiger partial charge in [0.15, 0.2) is 5.78 Å². The quantitative estimate of drug-likeness (QED) is 0.826. The fourth-order valence-electron chi connectivity index (χ4n) is 1.32. The topological polar surface area (TPSA) is 60.9 Å². The summed E-state index contributed by atoms with van der Waals surface area (Å²) in [5, 5.41) is 4.34. The lowest BCUT2D eigenvalue weighted by Crippen LogP contribution is -2.45. The second-order valence-corrected chi connectivity index (χ2v) is 4.75. The molecular formula is C12H21N3O. The number of hydrogen-bond acceptors (Lipinski definition) is 3. The smallest absolute Gasteiger partial charge is 0.158 e. The van der Waals surface area contributed by atoms with Crippen molar-refractivity contribution in [1.82, 2.24) is 9.78 Å². The van der Waals surface area contributed by atoms with Gasteiger partial charge in [0, 0.05) is 12.2 Å². The van der Waals surface area contributed by atoms with Gasteiger partial charge in [-0.05, 0) is 33.3 Å². The third-order valence-electron chi connectivity index (χ3n) is 2.91. The van der Waals surface area contributed by atoms with E-state index in [1.54, 1.807) is 6.92 Å². The van der Waals surface area contributed by atoms with Gasteiger partial charge in [0.2, 0.25) is 0 Å². The zero-order valence-electron chi connectivity index (χ0n) is 10.5. The Morgan fingerprint density at radius 1 is 1.62 bits per heavy atom. The molecule has 0 spiro atoms. The predicted molar refractivity (Wildman–Crippen MR) is 64.2 cm³/mol. The normalized spacial score (nSPS) is 15.1. The SMILES string of the molecule is CCC(C)(N)C(=O)Cc1ccn(C(C)C)n1. The van der Waals surface area contributed by atoms with E-state index in [-0.39, 0.29) is 5.78 Å². The number of rotatable bonds is 5. The number of nitrogens with zero attached hydrogens (tertiary/aromatic N) is 2. The van der Waals surface area contributed by atoms with E-state index in [1.165, 1.54) is 0 Å². The Labute approximate surface area is 96.8 Å². The molecule has 0 fully saturated rings. The molecule has 1 heterocycles. The summed E-state index contributed by atoms with van der Waals surface area (Å²) in [6.45, 7) is 7.80. The van der Waals surface area contributed by atoms with Gasteiger partial charge in [0.1, 0.15) is 0 Å². The molecule has 0 amide bonds. The van der Waals surface area contributed by atoms with Crippen LogP contribution in [0.4, 0.5) is 0 Å². The average molecular weight is 223 g/mol. The lowest BCUT2D eigenvalue weighted by atomic mass is 9.92. The Kier molecular flexibility index (Phi) is 3.86. The number of carbonyl (C=O) groups is 1. The molecule has 1 aromatic heterocycles. The van der Waals surface area contributed by atoms with Gasteiger partial charge in [-0.3, -0.25) is 9.48 Å². The molecule has 0 radical (unpaired) electrons. The molecule has 0 aliphatic carbocycles. The van der Waals surface area contributed by atoms with Crippen LogP contribution >= 0.6 is 0 Å². The van der Waals surface area contributed by atoms with Crippen molar-refractivity contribution in [2.24, 2.45) is 5.73 Å². The van der Waals surface area contributed by atoms with Crippen molar-refractivity contribution < 1.29 is 4.79 Å². The number of carbonyl (C=O) groups excluding carboxylic acids is 1. The summed E-state index contributed by atoms with van der Waals surface area (Å²) in [6.07, 6.45) is 2.87. The van der Waals surface area contributed by atoms with Crippen LogP contribution in [0.25, 0.3) is 0 Å². The minimum atomic E-state index is -0.735. The van der Waals surface area contributed by atoms with Crippen LogP contribution in [0.15, 0.2) is 12.3 Å². The van der Waals surface area contributed by atoms with Crippen LogP contribution in [0.1, 0.15) is 45.9 Å². The number of Topliss-reactive ketones (excluding diaryl/α,β-unsaturated/α-hetero) is 1. The van der Waals surface area contributed by atoms with Crippen molar-refractivity contribution in [3.63, 3.8) is 0 Å². The fraction of sp³-hybridized carbons (Fsp3) is 0.667. The molecule has 0 saturated heterocycles. The maximum Gasteiger partial charge on any atom is 0.158 e. The Morgan fingerprint density at radius 2 is 2.25 bits per heavy atom. The lowest BCUT2D eigenvalue weighted by molar-refractivity contribution is -0.123. The van der Waals surface area contributed by atoms with E-state index in [0.717, 1.165) is 5.69 Å². The van der Waals surface area contributed by atoms with Gasteiger partial charge in [-0.25, -0.2) is 0 Å². The molecule has 16 heavy (non-hydrogen) atoms. The van der Waals surface area contributed by atoms with Crippen LogP contribution in [-0.2, 0) is 11.2 Å². The molecule has 0 saturated carbocycles. The van der Waals surface area contributed by atoms with Gasteiger partial charge in [-0.2, -0.15) is 5.10 Å². The van der Waals surface area contributed by atoms with Crippen molar-refractivity contribution in [2.75, 3.05) is 0 Å². The van der Waals surface area contributed by atoms with Gasteiger partial charge in [-0.15, -0.1) is 0 Å². The molecule has 90 valence electrons. The van der Waals surface area contributed by atoms with Crippen LogP contribution in [0.5, 0.6) is 0 Å². The Hall–Kier alpha value is -1.16. The molecule has 0 aliphatic rings. The summed E-state index contributed by atoms with van der Waals surface area (Å²) in [4.78, 5) is 11.9. The highest BCUT2D eigenvalue weighted by molar-refractivity contribution is 5.89. The number of hydrogen-bond donors (Lipinski definition) is 1. The monoisotopic (exact) mass is 223 g/mol. The van der Waals surface area contributed by atoms with Crippen molar-refractivity contribution in [2.45, 2.75) is 52.1 Å². The molecule has 2 N–H and O–H groups in total. The third kappa shape index (κ3) is 2.92. The van der Waals surface area contributed by atoms with Gasteiger partial charge in [0.25, 0.3) is 0 Å². The van der Waals surface area contributed by atoms with Gasteiger partial charge in [0.05, 0.1) is 17.7 Å². The van der Waals surface area contributed by atoms with Crippen molar-refractivity contribution in [1.29, 1.82) is 0 Å². The first-order chi connectivity index (χ1) is 7.36. The molecule has 1 unspecified atom stereocenters. The summed E-state index contributed by atoms with van der Waals surface area (Å²) < 4.78 is 1.85. The average Bonchev–Trinajstić information content (AvgIpc) is 2.66.